The molecule has 0 heterocycles. The van der Waals surface area contributed by atoms with Gasteiger partial charge in [0.05, 0.1) is 7.11 Å². The van der Waals surface area contributed by atoms with Gasteiger partial charge in [-0.15, -0.1) is 11.8 Å². The van der Waals surface area contributed by atoms with E-state index in [1.165, 1.54) is 13.2 Å². The van der Waals surface area contributed by atoms with Crippen molar-refractivity contribution >= 4 is 35.1 Å². The highest BCUT2D eigenvalue weighted by Crippen LogP contribution is 2.23. The van der Waals surface area contributed by atoms with Gasteiger partial charge in [-0.25, -0.2) is 4.79 Å². The summed E-state index contributed by atoms with van der Waals surface area (Å²) in [4.78, 5) is 25.2. The molecule has 0 saturated carbocycles. The normalized spacial score (nSPS) is 10.2. The van der Waals surface area contributed by atoms with Gasteiger partial charge in [-0.2, -0.15) is 0 Å². The fourth-order valence-corrected chi connectivity index (χ4v) is 2.49. The number of carbonyl (C=O) groups excluding carboxylic acids is 2. The van der Waals surface area contributed by atoms with Gasteiger partial charge in [-0.1, -0.05) is 23.7 Å². The molecule has 2 aromatic carbocycles. The summed E-state index contributed by atoms with van der Waals surface area (Å²) in [5.41, 5.74) is 0.680. The summed E-state index contributed by atoms with van der Waals surface area (Å²) in [7, 11) is 1.44. The largest absolute Gasteiger partial charge is 0.496 e. The molecule has 0 N–H and O–H groups in total. The maximum atomic E-state index is 12.1. The number of carbonyl (C=O) groups is 2. The predicted molar refractivity (Wildman–Crippen MR) is 90.8 cm³/mol. The average molecular weight is 351 g/mol. The number of esters is 1. The minimum atomic E-state index is -0.654. The van der Waals surface area contributed by atoms with Crippen molar-refractivity contribution in [2.24, 2.45) is 0 Å². The van der Waals surface area contributed by atoms with Gasteiger partial charge in [0.2, 0.25) is 0 Å². The van der Waals surface area contributed by atoms with Gasteiger partial charge < -0.3 is 9.47 Å². The van der Waals surface area contributed by atoms with Gasteiger partial charge >= 0.3 is 5.97 Å². The summed E-state index contributed by atoms with van der Waals surface area (Å²) >= 11 is 7.46. The lowest BCUT2D eigenvalue weighted by Gasteiger charge is -2.09. The zero-order valence-electron chi connectivity index (χ0n) is 12.7. The molecule has 2 rings (SSSR count). The molecular formula is C17H15ClO4S. The second kappa shape index (κ2) is 8.04. The van der Waals surface area contributed by atoms with Gasteiger partial charge in [0, 0.05) is 15.5 Å². The van der Waals surface area contributed by atoms with E-state index in [0.29, 0.717) is 16.3 Å². The summed E-state index contributed by atoms with van der Waals surface area (Å²) in [6, 6.07) is 11.7. The van der Waals surface area contributed by atoms with Crippen LogP contribution in [0.4, 0.5) is 0 Å². The molecule has 0 aliphatic carbocycles. The minimum absolute atomic E-state index is 0.186. The van der Waals surface area contributed by atoms with Crippen LogP contribution in [0.1, 0.15) is 20.7 Å². The van der Waals surface area contributed by atoms with Crippen LogP contribution in [0.5, 0.6) is 5.75 Å². The fraction of sp³-hybridized carbons (Fsp3) is 0.176. The molecule has 2 aromatic rings. The third-order valence-electron chi connectivity index (χ3n) is 3.13. The SMILES string of the molecule is COc1ccc(Cl)cc1C(=O)OCC(=O)c1ccc(SC)cc1. The lowest BCUT2D eigenvalue weighted by atomic mass is 10.1. The van der Waals surface area contributed by atoms with Crippen molar-refractivity contribution in [2.45, 2.75) is 4.90 Å². The second-order valence-corrected chi connectivity index (χ2v) is 5.89. The molecule has 0 saturated heterocycles. The Morgan fingerprint density at radius 3 is 2.43 bits per heavy atom. The van der Waals surface area contributed by atoms with Gasteiger partial charge in [0.15, 0.2) is 12.4 Å². The van der Waals surface area contributed by atoms with E-state index >= 15 is 0 Å². The van der Waals surface area contributed by atoms with Gasteiger partial charge in [0.25, 0.3) is 0 Å². The molecule has 6 heteroatoms. The van der Waals surface area contributed by atoms with E-state index in [1.807, 2.05) is 18.4 Å². The quantitative estimate of drug-likeness (QED) is 0.446. The Morgan fingerprint density at radius 2 is 1.83 bits per heavy atom. The van der Waals surface area contributed by atoms with Crippen LogP contribution in [0.2, 0.25) is 5.02 Å². The smallest absolute Gasteiger partial charge is 0.342 e. The summed E-state index contributed by atoms with van der Waals surface area (Å²) in [6.45, 7) is -0.340. The standard InChI is InChI=1S/C17H15ClO4S/c1-21-16-8-5-12(18)9-14(16)17(20)22-10-15(19)11-3-6-13(23-2)7-4-11/h3-9H,10H2,1-2H3. The molecule has 0 aliphatic rings. The molecule has 4 nitrogen and oxygen atoms in total. The Balaban J connectivity index is 2.03. The Morgan fingerprint density at radius 1 is 1.13 bits per heavy atom. The van der Waals surface area contributed by atoms with Gasteiger partial charge in [-0.05, 0) is 36.6 Å². The molecule has 0 bridgehead atoms. The van der Waals surface area contributed by atoms with E-state index in [2.05, 4.69) is 0 Å². The number of hydrogen-bond donors (Lipinski definition) is 0. The van der Waals surface area contributed by atoms with Crippen LogP contribution in [-0.4, -0.2) is 31.7 Å². The average Bonchev–Trinajstić information content (AvgIpc) is 2.59. The zero-order valence-corrected chi connectivity index (χ0v) is 14.2. The number of ketones is 1. The molecule has 0 amide bonds. The number of methoxy groups -OCH3 is 1. The van der Waals surface area contributed by atoms with Crippen molar-refractivity contribution in [1.29, 1.82) is 0 Å². The van der Waals surface area contributed by atoms with E-state index in [-0.39, 0.29) is 18.0 Å². The summed E-state index contributed by atoms with van der Waals surface area (Å²) in [5, 5.41) is 0.386. The number of Topliss-reactive ketones (excluding diaryl/α,β-unsaturated/α-hetero) is 1. The molecule has 0 aliphatic heterocycles. The number of benzene rings is 2. The molecule has 0 aromatic heterocycles. The topological polar surface area (TPSA) is 52.6 Å². The van der Waals surface area contributed by atoms with Crippen molar-refractivity contribution < 1.29 is 19.1 Å². The van der Waals surface area contributed by atoms with E-state index in [1.54, 1.807) is 36.0 Å². The van der Waals surface area contributed by atoms with Crippen LogP contribution in [-0.2, 0) is 4.74 Å². The molecular weight excluding hydrogens is 336 g/mol. The molecule has 120 valence electrons. The van der Waals surface area contributed by atoms with E-state index < -0.39 is 5.97 Å². The van der Waals surface area contributed by atoms with Crippen LogP contribution < -0.4 is 4.74 Å². The molecule has 0 spiro atoms. The Hall–Kier alpha value is -1.98. The highest BCUT2D eigenvalue weighted by Gasteiger charge is 2.16. The number of halogens is 1. The molecule has 0 atom stereocenters. The van der Waals surface area contributed by atoms with E-state index in [9.17, 15) is 9.59 Å². The Kier molecular flexibility index (Phi) is 6.07. The van der Waals surface area contributed by atoms with E-state index in [4.69, 9.17) is 21.1 Å². The van der Waals surface area contributed by atoms with Crippen molar-refractivity contribution in [3.63, 3.8) is 0 Å². The molecule has 0 fully saturated rings. The zero-order chi connectivity index (χ0) is 16.8. The first-order chi connectivity index (χ1) is 11.0. The summed E-state index contributed by atoms with van der Waals surface area (Å²) < 4.78 is 10.2. The number of rotatable bonds is 6. The third-order valence-corrected chi connectivity index (χ3v) is 4.11. The van der Waals surface area contributed by atoms with Crippen LogP contribution in [0.25, 0.3) is 0 Å². The van der Waals surface area contributed by atoms with Crippen LogP contribution in [0.15, 0.2) is 47.4 Å². The third kappa shape index (κ3) is 4.50. The molecule has 0 unspecified atom stereocenters. The second-order valence-electron chi connectivity index (χ2n) is 4.57. The minimum Gasteiger partial charge on any atom is -0.496 e. The van der Waals surface area contributed by atoms with Gasteiger partial charge in [0.1, 0.15) is 11.3 Å². The Bertz CT molecular complexity index is 713. The van der Waals surface area contributed by atoms with Crippen LogP contribution in [0.3, 0.4) is 0 Å². The van der Waals surface area contributed by atoms with E-state index in [0.717, 1.165) is 4.90 Å². The van der Waals surface area contributed by atoms with Crippen LogP contribution >= 0.6 is 23.4 Å². The van der Waals surface area contributed by atoms with Crippen molar-refractivity contribution in [3.8, 4) is 5.75 Å². The Labute approximate surface area is 143 Å². The summed E-state index contributed by atoms with van der Waals surface area (Å²) in [6.07, 6.45) is 1.96. The van der Waals surface area contributed by atoms with Crippen LogP contribution in [0, 0.1) is 0 Å². The number of hydrogen-bond acceptors (Lipinski definition) is 5. The first kappa shape index (κ1) is 17.4. The first-order valence-electron chi connectivity index (χ1n) is 6.73. The number of ether oxygens (including phenoxy) is 2. The highest BCUT2D eigenvalue weighted by atomic mass is 35.5. The van der Waals surface area contributed by atoms with Crippen molar-refractivity contribution in [3.05, 3.63) is 58.6 Å². The molecule has 0 radical (unpaired) electrons. The fourth-order valence-electron chi connectivity index (χ4n) is 1.91. The highest BCUT2D eigenvalue weighted by molar-refractivity contribution is 7.98. The lowest BCUT2D eigenvalue weighted by Crippen LogP contribution is -2.15. The summed E-state index contributed by atoms with van der Waals surface area (Å²) in [5.74, 6) is -0.582. The van der Waals surface area contributed by atoms with Gasteiger partial charge in [-0.3, -0.25) is 4.79 Å². The maximum absolute atomic E-state index is 12.1. The lowest BCUT2D eigenvalue weighted by molar-refractivity contribution is 0.0471. The number of thioether (sulfide) groups is 1. The van der Waals surface area contributed by atoms with Crippen molar-refractivity contribution in [1.82, 2.24) is 0 Å². The molecule has 23 heavy (non-hydrogen) atoms. The van der Waals surface area contributed by atoms with Crippen molar-refractivity contribution in [2.75, 3.05) is 20.0 Å². The predicted octanol–water partition coefficient (Wildman–Crippen LogP) is 4.11. The first-order valence-corrected chi connectivity index (χ1v) is 8.33. The monoisotopic (exact) mass is 350 g/mol. The maximum Gasteiger partial charge on any atom is 0.342 e.